The topological polar surface area (TPSA) is 77.8 Å². The van der Waals surface area contributed by atoms with Gasteiger partial charge < -0.3 is 15.3 Å². The number of carbonyl (C=O) groups is 1. The van der Waals surface area contributed by atoms with Crippen LogP contribution >= 0.6 is 0 Å². The van der Waals surface area contributed by atoms with Gasteiger partial charge in [0.25, 0.3) is 5.95 Å². The second-order valence-electron chi connectivity index (χ2n) is 4.73. The lowest BCUT2D eigenvalue weighted by Gasteiger charge is -2.07. The molecule has 0 spiro atoms. The van der Waals surface area contributed by atoms with Gasteiger partial charge in [0.15, 0.2) is 0 Å². The van der Waals surface area contributed by atoms with E-state index in [9.17, 15) is 4.79 Å². The highest BCUT2D eigenvalue weighted by Gasteiger charge is 2.15. The number of aliphatic carboxylic acids is 1. The Kier molecular flexibility index (Phi) is 10.2. The Bertz CT molecular complexity index is 244. The third-order valence-electron chi connectivity index (χ3n) is 3.04. The highest BCUT2D eigenvalue weighted by molar-refractivity contribution is 5.72. The van der Waals surface area contributed by atoms with Crippen LogP contribution in [-0.4, -0.2) is 21.3 Å². The Balaban J connectivity index is 3.56. The van der Waals surface area contributed by atoms with E-state index in [1.54, 1.807) is 0 Å². The maximum Gasteiger partial charge on any atom is 0.310 e. The first kappa shape index (κ1) is 16.8. The minimum Gasteiger partial charge on any atom is -0.481 e. The monoisotopic (exact) mass is 258 g/mol. The Morgan fingerprint density at radius 3 is 1.89 bits per heavy atom. The number of carboxylic acid groups (broad SMARTS) is 1. The smallest absolute Gasteiger partial charge is 0.310 e. The van der Waals surface area contributed by atoms with Gasteiger partial charge in [0.1, 0.15) is 0 Å². The van der Waals surface area contributed by atoms with Crippen LogP contribution in [0, 0.1) is 5.92 Å². The summed E-state index contributed by atoms with van der Waals surface area (Å²) in [6.45, 7) is 2.19. The van der Waals surface area contributed by atoms with Gasteiger partial charge in [0, 0.05) is 6.08 Å². The van der Waals surface area contributed by atoms with E-state index in [1.807, 2.05) is 0 Å². The van der Waals surface area contributed by atoms with Crippen molar-refractivity contribution < 1.29 is 20.1 Å². The molecule has 0 fully saturated rings. The zero-order chi connectivity index (χ0) is 13.8. The van der Waals surface area contributed by atoms with E-state index in [4.69, 9.17) is 15.3 Å². The van der Waals surface area contributed by atoms with Gasteiger partial charge >= 0.3 is 5.97 Å². The molecule has 0 aromatic carbocycles. The largest absolute Gasteiger partial charge is 0.481 e. The Hall–Kier alpha value is -1.19. The minimum absolute atomic E-state index is 0.467. The number of hydrogen-bond donors (Lipinski definition) is 3. The molecule has 1 unspecified atom stereocenters. The Morgan fingerprint density at radius 1 is 0.944 bits per heavy atom. The summed E-state index contributed by atoms with van der Waals surface area (Å²) in [4.78, 5) is 10.8. The summed E-state index contributed by atoms with van der Waals surface area (Å²) in [5, 5.41) is 26.2. The van der Waals surface area contributed by atoms with Crippen molar-refractivity contribution in [1.82, 2.24) is 0 Å². The lowest BCUT2D eigenvalue weighted by Crippen LogP contribution is -2.11. The number of aliphatic hydroxyl groups is 2. The van der Waals surface area contributed by atoms with Crippen molar-refractivity contribution in [3.8, 4) is 0 Å². The molecule has 0 aliphatic rings. The Labute approximate surface area is 109 Å². The van der Waals surface area contributed by atoms with Crippen LogP contribution in [-0.2, 0) is 4.79 Å². The first-order chi connectivity index (χ1) is 8.57. The molecule has 0 rings (SSSR count). The van der Waals surface area contributed by atoms with Gasteiger partial charge in [-0.15, -0.1) is 0 Å². The molecular weight excluding hydrogens is 232 g/mol. The van der Waals surface area contributed by atoms with Crippen LogP contribution in [0.15, 0.2) is 12.0 Å². The van der Waals surface area contributed by atoms with Gasteiger partial charge in [-0.25, -0.2) is 0 Å². The Morgan fingerprint density at radius 2 is 1.44 bits per heavy atom. The first-order valence-electron chi connectivity index (χ1n) is 6.90. The van der Waals surface area contributed by atoms with E-state index < -0.39 is 17.8 Å². The summed E-state index contributed by atoms with van der Waals surface area (Å²) < 4.78 is 0. The van der Waals surface area contributed by atoms with Crippen LogP contribution in [0.4, 0.5) is 0 Å². The van der Waals surface area contributed by atoms with Gasteiger partial charge in [0.05, 0.1) is 5.92 Å². The fraction of sp³-hybridized carbons (Fsp3) is 0.786. The maximum atomic E-state index is 10.8. The molecule has 0 bridgehead atoms. The summed E-state index contributed by atoms with van der Waals surface area (Å²) in [7, 11) is 0. The highest BCUT2D eigenvalue weighted by atomic mass is 16.5. The van der Waals surface area contributed by atoms with Crippen molar-refractivity contribution in [2.24, 2.45) is 5.92 Å². The zero-order valence-electron chi connectivity index (χ0n) is 11.3. The van der Waals surface area contributed by atoms with Crippen LogP contribution in [0.5, 0.6) is 0 Å². The van der Waals surface area contributed by atoms with Crippen LogP contribution in [0.25, 0.3) is 0 Å². The van der Waals surface area contributed by atoms with Crippen molar-refractivity contribution in [3.63, 3.8) is 0 Å². The van der Waals surface area contributed by atoms with Crippen LogP contribution in [0.1, 0.15) is 64.7 Å². The molecule has 0 aliphatic heterocycles. The fourth-order valence-electron chi connectivity index (χ4n) is 1.96. The van der Waals surface area contributed by atoms with Gasteiger partial charge in [-0.05, 0) is 6.42 Å². The summed E-state index contributed by atoms with van der Waals surface area (Å²) in [6, 6.07) is 0. The summed E-state index contributed by atoms with van der Waals surface area (Å²) in [6.07, 6.45) is 10.7. The van der Waals surface area contributed by atoms with Gasteiger partial charge in [-0.1, -0.05) is 58.3 Å². The second-order valence-corrected chi connectivity index (χ2v) is 4.73. The minimum atomic E-state index is -1.00. The van der Waals surface area contributed by atoms with Crippen molar-refractivity contribution in [2.75, 3.05) is 0 Å². The van der Waals surface area contributed by atoms with Gasteiger partial charge in [-0.2, -0.15) is 0 Å². The number of rotatable bonds is 11. The molecular formula is C14H26O4. The SMILES string of the molecule is CCCCCCCCCCC(C=C(O)O)C(=O)O. The number of carboxylic acids is 1. The quantitative estimate of drug-likeness (QED) is 0.384. The van der Waals surface area contributed by atoms with E-state index in [0.717, 1.165) is 25.3 Å². The molecule has 106 valence electrons. The molecule has 4 heteroatoms. The third kappa shape index (κ3) is 10.00. The lowest BCUT2D eigenvalue weighted by atomic mass is 10.00. The molecule has 1 atom stereocenters. The van der Waals surface area contributed by atoms with Crippen LogP contribution in [0.2, 0.25) is 0 Å². The molecule has 0 amide bonds. The molecule has 0 aromatic rings. The predicted octanol–water partition coefficient (Wildman–Crippen LogP) is 4.18. The molecule has 0 radical (unpaired) electrons. The average Bonchev–Trinajstić information content (AvgIpc) is 2.30. The lowest BCUT2D eigenvalue weighted by molar-refractivity contribution is -0.140. The molecule has 0 aromatic heterocycles. The fourth-order valence-corrected chi connectivity index (χ4v) is 1.96. The number of hydrogen-bond acceptors (Lipinski definition) is 3. The van der Waals surface area contributed by atoms with Crippen LogP contribution < -0.4 is 0 Å². The van der Waals surface area contributed by atoms with E-state index in [1.165, 1.54) is 32.1 Å². The van der Waals surface area contributed by atoms with Gasteiger partial charge in [0.2, 0.25) is 0 Å². The van der Waals surface area contributed by atoms with Crippen molar-refractivity contribution in [1.29, 1.82) is 0 Å². The molecule has 0 saturated carbocycles. The standard InChI is InChI=1S/C14H26O4/c1-2-3-4-5-6-7-8-9-10-12(14(17)18)11-13(15)16/h11-12,15-16H,2-10H2,1H3,(H,17,18). The van der Waals surface area contributed by atoms with Crippen molar-refractivity contribution in [3.05, 3.63) is 12.0 Å². The van der Waals surface area contributed by atoms with E-state index >= 15 is 0 Å². The van der Waals surface area contributed by atoms with Crippen molar-refractivity contribution in [2.45, 2.75) is 64.7 Å². The molecule has 0 saturated heterocycles. The van der Waals surface area contributed by atoms with Gasteiger partial charge in [-0.3, -0.25) is 4.79 Å². The summed E-state index contributed by atoms with van der Waals surface area (Å²) >= 11 is 0. The maximum absolute atomic E-state index is 10.8. The van der Waals surface area contributed by atoms with E-state index in [-0.39, 0.29) is 0 Å². The molecule has 18 heavy (non-hydrogen) atoms. The third-order valence-corrected chi connectivity index (χ3v) is 3.04. The molecule has 4 nitrogen and oxygen atoms in total. The predicted molar refractivity (Wildman–Crippen MR) is 71.7 cm³/mol. The second kappa shape index (κ2) is 10.9. The van der Waals surface area contributed by atoms with Crippen LogP contribution in [0.3, 0.4) is 0 Å². The number of unbranched alkanes of at least 4 members (excludes halogenated alkanes) is 7. The summed E-state index contributed by atoms with van der Waals surface area (Å²) in [5.41, 5.74) is 0. The first-order valence-corrected chi connectivity index (χ1v) is 6.90. The van der Waals surface area contributed by atoms with E-state index in [0.29, 0.717) is 6.42 Å². The normalized spacial score (nSPS) is 12.1. The highest BCUT2D eigenvalue weighted by Crippen LogP contribution is 2.15. The molecule has 0 aliphatic carbocycles. The number of aliphatic hydroxyl groups excluding tert-OH is 1. The van der Waals surface area contributed by atoms with E-state index in [2.05, 4.69) is 6.92 Å². The zero-order valence-corrected chi connectivity index (χ0v) is 11.3. The molecule has 0 heterocycles. The molecule has 3 N–H and O–H groups in total. The summed E-state index contributed by atoms with van der Waals surface area (Å²) in [5.74, 6) is -2.68. The average molecular weight is 258 g/mol. The van der Waals surface area contributed by atoms with Crippen molar-refractivity contribution >= 4 is 5.97 Å².